The third-order valence-electron chi connectivity index (χ3n) is 6.70. The number of nitrogens with one attached hydrogen (secondary N) is 1. The number of nitrogens with zero attached hydrogens (tertiary/aromatic N) is 5. The number of aromatic nitrogens is 4. The first kappa shape index (κ1) is 27.8. The molecule has 0 saturated carbocycles. The molecule has 1 aliphatic heterocycles. The summed E-state index contributed by atoms with van der Waals surface area (Å²) in [6.45, 7) is 5.06. The zero-order chi connectivity index (χ0) is 28.1. The van der Waals surface area contributed by atoms with Crippen molar-refractivity contribution in [3.8, 4) is 5.75 Å². The zero-order valence-electron chi connectivity index (χ0n) is 22.6. The average Bonchev–Trinajstić information content (AvgIpc) is 3.32. The van der Waals surface area contributed by atoms with Crippen LogP contribution in [0.4, 0.5) is 5.95 Å². The molecule has 1 saturated heterocycles. The molecule has 1 aromatic carbocycles. The van der Waals surface area contributed by atoms with E-state index in [1.54, 1.807) is 29.7 Å². The number of para-hydroxylation sites is 1. The van der Waals surface area contributed by atoms with Gasteiger partial charge < -0.3 is 25.3 Å². The van der Waals surface area contributed by atoms with Crippen LogP contribution in [-0.2, 0) is 24.9 Å². The molecule has 0 unspecified atom stereocenters. The molecule has 3 aromatic rings. The molecular formula is C27H35N7O5. The van der Waals surface area contributed by atoms with Gasteiger partial charge in [0, 0.05) is 39.3 Å². The molecule has 1 aliphatic rings. The van der Waals surface area contributed by atoms with Gasteiger partial charge >= 0.3 is 5.69 Å². The third kappa shape index (κ3) is 5.80. The number of carbonyl (C=O) groups is 2. The molecule has 2 aromatic heterocycles. The van der Waals surface area contributed by atoms with Gasteiger partial charge in [0.2, 0.25) is 5.95 Å². The molecule has 0 spiro atoms. The summed E-state index contributed by atoms with van der Waals surface area (Å²) in [4.78, 5) is 59.0. The van der Waals surface area contributed by atoms with E-state index < -0.39 is 23.6 Å². The summed E-state index contributed by atoms with van der Waals surface area (Å²) < 4.78 is 9.56. The fraction of sp³-hybridized carbons (Fsp3) is 0.444. The SMILES string of the molecule is C/C=C/Cn1c(N2CCC[C@H](N)C2)nc2c1c(=O)n(CC(=O)c1ccccc1OCC(=O)NCC)c(=O)n2C. The number of hydrogen-bond acceptors (Lipinski definition) is 8. The van der Waals surface area contributed by atoms with Crippen LogP contribution in [0, 0.1) is 0 Å². The van der Waals surface area contributed by atoms with E-state index in [4.69, 9.17) is 15.5 Å². The maximum absolute atomic E-state index is 13.8. The monoisotopic (exact) mass is 537 g/mol. The van der Waals surface area contributed by atoms with Crippen LogP contribution < -0.4 is 31.9 Å². The van der Waals surface area contributed by atoms with Gasteiger partial charge in [-0.15, -0.1) is 0 Å². The Labute approximate surface area is 225 Å². The number of Topliss-reactive ketones (excluding diaryl/α,β-unsaturated/α-hetero) is 1. The number of imidazole rings is 1. The fourth-order valence-corrected chi connectivity index (χ4v) is 4.76. The van der Waals surface area contributed by atoms with Crippen LogP contribution in [-0.4, -0.2) is 62.7 Å². The van der Waals surface area contributed by atoms with Crippen molar-refractivity contribution in [2.75, 3.05) is 31.1 Å². The van der Waals surface area contributed by atoms with Crippen LogP contribution in [0.1, 0.15) is 37.0 Å². The summed E-state index contributed by atoms with van der Waals surface area (Å²) in [5.41, 5.74) is 5.60. The highest BCUT2D eigenvalue weighted by molar-refractivity contribution is 5.98. The maximum atomic E-state index is 13.8. The number of benzene rings is 1. The lowest BCUT2D eigenvalue weighted by Crippen LogP contribution is -2.44. The first-order valence-corrected chi connectivity index (χ1v) is 13.1. The molecular weight excluding hydrogens is 502 g/mol. The number of allylic oxidation sites excluding steroid dienone is 2. The third-order valence-corrected chi connectivity index (χ3v) is 6.70. The highest BCUT2D eigenvalue weighted by atomic mass is 16.5. The Morgan fingerprint density at radius 2 is 2.00 bits per heavy atom. The minimum absolute atomic E-state index is 0.0119. The zero-order valence-corrected chi connectivity index (χ0v) is 22.6. The van der Waals surface area contributed by atoms with Gasteiger partial charge in [0.25, 0.3) is 11.5 Å². The van der Waals surface area contributed by atoms with Crippen molar-refractivity contribution in [3.05, 3.63) is 62.8 Å². The number of piperidine rings is 1. The van der Waals surface area contributed by atoms with E-state index in [1.165, 1.54) is 17.7 Å². The smallest absolute Gasteiger partial charge is 0.332 e. The van der Waals surface area contributed by atoms with Crippen LogP contribution in [0.25, 0.3) is 11.2 Å². The number of ether oxygens (including phenoxy) is 1. The number of nitrogens with two attached hydrogens (primary N) is 1. The van der Waals surface area contributed by atoms with Crippen LogP contribution in [0.3, 0.4) is 0 Å². The Balaban J connectivity index is 1.75. The number of amides is 1. The molecule has 4 rings (SSSR count). The van der Waals surface area contributed by atoms with Crippen molar-refractivity contribution < 1.29 is 14.3 Å². The second kappa shape index (κ2) is 12.1. The first-order valence-electron chi connectivity index (χ1n) is 13.1. The van der Waals surface area contributed by atoms with E-state index >= 15 is 0 Å². The first-order chi connectivity index (χ1) is 18.8. The van der Waals surface area contributed by atoms with E-state index in [2.05, 4.69) is 5.32 Å². The number of ketones is 1. The Bertz CT molecular complexity index is 1520. The van der Waals surface area contributed by atoms with Crippen molar-refractivity contribution >= 4 is 28.8 Å². The quantitative estimate of drug-likeness (QED) is 0.285. The van der Waals surface area contributed by atoms with Crippen LogP contribution in [0.15, 0.2) is 46.0 Å². The van der Waals surface area contributed by atoms with E-state index in [-0.39, 0.29) is 41.0 Å². The number of aryl methyl sites for hydroxylation is 1. The highest BCUT2D eigenvalue weighted by Crippen LogP contribution is 2.23. The van der Waals surface area contributed by atoms with E-state index in [1.807, 2.05) is 24.0 Å². The summed E-state index contributed by atoms with van der Waals surface area (Å²) in [6, 6.07) is 6.42. The van der Waals surface area contributed by atoms with E-state index in [9.17, 15) is 19.2 Å². The number of rotatable bonds is 10. The lowest BCUT2D eigenvalue weighted by Gasteiger charge is -2.31. The van der Waals surface area contributed by atoms with E-state index in [0.29, 0.717) is 25.6 Å². The lowest BCUT2D eigenvalue weighted by atomic mass is 10.1. The average molecular weight is 538 g/mol. The topological polar surface area (TPSA) is 146 Å². The predicted molar refractivity (Wildman–Crippen MR) is 148 cm³/mol. The summed E-state index contributed by atoms with van der Waals surface area (Å²) >= 11 is 0. The second-order valence-corrected chi connectivity index (χ2v) is 9.51. The Morgan fingerprint density at radius 3 is 2.72 bits per heavy atom. The minimum Gasteiger partial charge on any atom is -0.483 e. The van der Waals surface area contributed by atoms with Crippen molar-refractivity contribution in [2.24, 2.45) is 12.8 Å². The van der Waals surface area contributed by atoms with Gasteiger partial charge in [0.15, 0.2) is 23.6 Å². The minimum atomic E-state index is -0.654. The van der Waals surface area contributed by atoms with Gasteiger partial charge in [-0.1, -0.05) is 24.3 Å². The molecule has 12 nitrogen and oxygen atoms in total. The Morgan fingerprint density at radius 1 is 1.23 bits per heavy atom. The van der Waals surface area contributed by atoms with Crippen LogP contribution in [0.5, 0.6) is 5.75 Å². The molecule has 208 valence electrons. The molecule has 3 heterocycles. The Hall–Kier alpha value is -4.19. The number of likely N-dealkylation sites (N-methyl/N-ethyl adjacent to an activating group) is 1. The van der Waals surface area contributed by atoms with Gasteiger partial charge in [-0.3, -0.25) is 23.5 Å². The van der Waals surface area contributed by atoms with Crippen LogP contribution >= 0.6 is 0 Å². The lowest BCUT2D eigenvalue weighted by molar-refractivity contribution is -0.123. The Kier molecular flexibility index (Phi) is 8.65. The van der Waals surface area contributed by atoms with Crippen molar-refractivity contribution in [1.29, 1.82) is 0 Å². The van der Waals surface area contributed by atoms with Gasteiger partial charge in [0.1, 0.15) is 5.75 Å². The van der Waals surface area contributed by atoms with E-state index in [0.717, 1.165) is 24.0 Å². The number of carbonyl (C=O) groups excluding carboxylic acids is 2. The van der Waals surface area contributed by atoms with Crippen molar-refractivity contribution in [2.45, 2.75) is 45.8 Å². The van der Waals surface area contributed by atoms with Gasteiger partial charge in [0.05, 0.1) is 12.1 Å². The van der Waals surface area contributed by atoms with Crippen molar-refractivity contribution in [3.63, 3.8) is 0 Å². The summed E-state index contributed by atoms with van der Waals surface area (Å²) in [5, 5.41) is 2.63. The van der Waals surface area contributed by atoms with Crippen molar-refractivity contribution in [1.82, 2.24) is 24.0 Å². The molecule has 1 atom stereocenters. The number of anilines is 1. The molecule has 1 fully saturated rings. The summed E-state index contributed by atoms with van der Waals surface area (Å²) in [7, 11) is 1.53. The standard InChI is InChI=1S/C27H35N7O5/c1-4-6-14-33-23-24(30-26(33)32-13-9-10-18(28)15-32)31(3)27(38)34(25(23)37)16-20(35)19-11-7-8-12-21(19)39-17-22(36)29-5-2/h4,6-8,11-12,18H,5,9-10,13-17,28H2,1-3H3,(H,29,36)/b6-4+/t18-/m0/s1. The van der Waals surface area contributed by atoms with Gasteiger partial charge in [-0.05, 0) is 38.8 Å². The largest absolute Gasteiger partial charge is 0.483 e. The van der Waals surface area contributed by atoms with Crippen LogP contribution in [0.2, 0.25) is 0 Å². The normalized spacial score (nSPS) is 15.7. The molecule has 0 bridgehead atoms. The molecule has 12 heteroatoms. The molecule has 0 aliphatic carbocycles. The maximum Gasteiger partial charge on any atom is 0.332 e. The second-order valence-electron chi connectivity index (χ2n) is 9.51. The number of fused-ring (bicyclic) bond motifs is 1. The molecule has 0 radical (unpaired) electrons. The molecule has 1 amide bonds. The van der Waals surface area contributed by atoms with Gasteiger partial charge in [-0.25, -0.2) is 4.79 Å². The fourth-order valence-electron chi connectivity index (χ4n) is 4.76. The highest BCUT2D eigenvalue weighted by Gasteiger charge is 2.27. The summed E-state index contributed by atoms with van der Waals surface area (Å²) in [5.74, 6) is -0.0583. The summed E-state index contributed by atoms with van der Waals surface area (Å²) in [6.07, 6.45) is 5.58. The molecule has 3 N–H and O–H groups in total. The predicted octanol–water partition coefficient (Wildman–Crippen LogP) is 0.798. The number of hydrogen-bond donors (Lipinski definition) is 2. The molecule has 39 heavy (non-hydrogen) atoms. The van der Waals surface area contributed by atoms with Gasteiger partial charge in [-0.2, -0.15) is 4.98 Å².